The first-order chi connectivity index (χ1) is 8.59. The SMILES string of the molecule is CN(Cc1nccn1C(F)F)C(=O)c1ccsc1. The number of hydrogen-bond donors (Lipinski definition) is 0. The van der Waals surface area contributed by atoms with E-state index in [4.69, 9.17) is 0 Å². The van der Waals surface area contributed by atoms with Gasteiger partial charge in [-0.2, -0.15) is 20.1 Å². The maximum atomic E-state index is 12.6. The summed E-state index contributed by atoms with van der Waals surface area (Å²) in [6.45, 7) is -2.60. The summed E-state index contributed by atoms with van der Waals surface area (Å²) in [6, 6.07) is 1.70. The fourth-order valence-electron chi connectivity index (χ4n) is 1.53. The third kappa shape index (κ3) is 2.56. The predicted octanol–water partition coefficient (Wildman–Crippen LogP) is 2.61. The summed E-state index contributed by atoms with van der Waals surface area (Å²) < 4.78 is 26.0. The second kappa shape index (κ2) is 5.26. The summed E-state index contributed by atoms with van der Waals surface area (Å²) in [7, 11) is 1.56. The molecule has 0 aromatic carbocycles. The molecule has 7 heteroatoms. The first-order valence-electron chi connectivity index (χ1n) is 5.17. The molecule has 0 aliphatic carbocycles. The van der Waals surface area contributed by atoms with E-state index in [9.17, 15) is 13.6 Å². The Morgan fingerprint density at radius 1 is 1.61 bits per heavy atom. The first kappa shape index (κ1) is 12.7. The number of aromatic nitrogens is 2. The molecule has 2 aromatic heterocycles. The summed E-state index contributed by atoms with van der Waals surface area (Å²) in [5, 5.41) is 3.51. The largest absolute Gasteiger partial charge is 0.334 e. The van der Waals surface area contributed by atoms with Crippen molar-refractivity contribution in [3.63, 3.8) is 0 Å². The Morgan fingerprint density at radius 3 is 3.00 bits per heavy atom. The molecule has 0 fully saturated rings. The van der Waals surface area contributed by atoms with Gasteiger partial charge in [0.25, 0.3) is 5.91 Å². The highest BCUT2D eigenvalue weighted by Gasteiger charge is 2.17. The highest BCUT2D eigenvalue weighted by atomic mass is 32.1. The molecule has 0 N–H and O–H groups in total. The summed E-state index contributed by atoms with van der Waals surface area (Å²) in [4.78, 5) is 17.1. The Kier molecular flexibility index (Phi) is 3.71. The number of carbonyl (C=O) groups excluding carboxylic acids is 1. The lowest BCUT2D eigenvalue weighted by Gasteiger charge is -2.16. The number of amides is 1. The van der Waals surface area contributed by atoms with E-state index in [1.807, 2.05) is 0 Å². The number of alkyl halides is 2. The van der Waals surface area contributed by atoms with Crippen molar-refractivity contribution in [2.24, 2.45) is 0 Å². The normalized spacial score (nSPS) is 10.9. The Morgan fingerprint density at radius 2 is 2.39 bits per heavy atom. The van der Waals surface area contributed by atoms with Gasteiger partial charge < -0.3 is 4.90 Å². The third-order valence-electron chi connectivity index (χ3n) is 2.45. The lowest BCUT2D eigenvalue weighted by Crippen LogP contribution is -2.27. The van der Waals surface area contributed by atoms with Gasteiger partial charge in [-0.15, -0.1) is 0 Å². The molecule has 0 saturated heterocycles. The van der Waals surface area contributed by atoms with Gasteiger partial charge >= 0.3 is 6.55 Å². The van der Waals surface area contributed by atoms with Gasteiger partial charge in [-0.25, -0.2) is 4.98 Å². The quantitative estimate of drug-likeness (QED) is 0.857. The minimum atomic E-state index is -2.65. The van der Waals surface area contributed by atoms with E-state index < -0.39 is 6.55 Å². The monoisotopic (exact) mass is 271 g/mol. The zero-order chi connectivity index (χ0) is 13.1. The van der Waals surface area contributed by atoms with Gasteiger partial charge in [0.2, 0.25) is 0 Å². The molecular formula is C11H11F2N3OS. The van der Waals surface area contributed by atoms with E-state index in [0.717, 1.165) is 4.57 Å². The lowest BCUT2D eigenvalue weighted by atomic mass is 10.3. The van der Waals surface area contributed by atoms with Crippen molar-refractivity contribution in [2.75, 3.05) is 7.05 Å². The van der Waals surface area contributed by atoms with Crippen LogP contribution in [0, 0.1) is 0 Å². The molecule has 0 bridgehead atoms. The average molecular weight is 271 g/mol. The van der Waals surface area contributed by atoms with E-state index in [-0.39, 0.29) is 18.3 Å². The number of halogens is 2. The van der Waals surface area contributed by atoms with Gasteiger partial charge in [-0.1, -0.05) is 0 Å². The first-order valence-corrected chi connectivity index (χ1v) is 6.11. The molecule has 4 nitrogen and oxygen atoms in total. The maximum Gasteiger partial charge on any atom is 0.319 e. The zero-order valence-electron chi connectivity index (χ0n) is 9.59. The molecule has 0 aliphatic heterocycles. The van der Waals surface area contributed by atoms with E-state index in [1.54, 1.807) is 23.9 Å². The van der Waals surface area contributed by atoms with Crippen LogP contribution in [0.25, 0.3) is 0 Å². The van der Waals surface area contributed by atoms with Crippen molar-refractivity contribution in [1.82, 2.24) is 14.5 Å². The Balaban J connectivity index is 2.09. The van der Waals surface area contributed by atoms with Crippen LogP contribution < -0.4 is 0 Å². The number of thiophene rings is 1. The molecule has 0 atom stereocenters. The highest BCUT2D eigenvalue weighted by Crippen LogP contribution is 2.15. The molecule has 0 saturated carbocycles. The van der Waals surface area contributed by atoms with E-state index in [0.29, 0.717) is 5.56 Å². The van der Waals surface area contributed by atoms with Crippen molar-refractivity contribution in [3.8, 4) is 0 Å². The molecule has 18 heavy (non-hydrogen) atoms. The fourth-order valence-corrected chi connectivity index (χ4v) is 2.16. The topological polar surface area (TPSA) is 38.1 Å². The van der Waals surface area contributed by atoms with Crippen LogP contribution in [0.1, 0.15) is 22.7 Å². The number of hydrogen-bond acceptors (Lipinski definition) is 3. The van der Waals surface area contributed by atoms with Crippen LogP contribution in [-0.2, 0) is 6.54 Å². The van der Waals surface area contributed by atoms with E-state index >= 15 is 0 Å². The molecule has 2 rings (SSSR count). The molecule has 0 radical (unpaired) electrons. The van der Waals surface area contributed by atoms with Gasteiger partial charge in [-0.3, -0.25) is 9.36 Å². The maximum absolute atomic E-state index is 12.6. The summed E-state index contributed by atoms with van der Waals surface area (Å²) in [6.07, 6.45) is 2.49. The third-order valence-corrected chi connectivity index (χ3v) is 3.14. The smallest absolute Gasteiger partial charge is 0.319 e. The van der Waals surface area contributed by atoms with Crippen LogP contribution in [-0.4, -0.2) is 27.4 Å². The average Bonchev–Trinajstić information content (AvgIpc) is 2.98. The Labute approximate surface area is 106 Å². The van der Waals surface area contributed by atoms with Crippen molar-refractivity contribution < 1.29 is 13.6 Å². The van der Waals surface area contributed by atoms with Crippen molar-refractivity contribution in [3.05, 3.63) is 40.6 Å². The van der Waals surface area contributed by atoms with Crippen LogP contribution >= 0.6 is 11.3 Å². The molecule has 0 unspecified atom stereocenters. The molecule has 96 valence electrons. The number of nitrogens with zero attached hydrogens (tertiary/aromatic N) is 3. The van der Waals surface area contributed by atoms with Gasteiger partial charge in [-0.05, 0) is 11.4 Å². The standard InChI is InChI=1S/C11H11F2N3OS/c1-15(10(17)8-2-5-18-7-8)6-9-14-3-4-16(9)11(12)13/h2-5,7,11H,6H2,1H3. The predicted molar refractivity (Wildman–Crippen MR) is 63.6 cm³/mol. The summed E-state index contributed by atoms with van der Waals surface area (Å²) in [5.41, 5.74) is 0.553. The number of carbonyl (C=O) groups is 1. The summed E-state index contributed by atoms with van der Waals surface area (Å²) in [5.74, 6) is -0.0452. The van der Waals surface area contributed by atoms with Crippen LogP contribution in [0.5, 0.6) is 0 Å². The van der Waals surface area contributed by atoms with Crippen LogP contribution in [0.3, 0.4) is 0 Å². The Bertz CT molecular complexity index is 524. The number of rotatable bonds is 4. The Hall–Kier alpha value is -1.76. The van der Waals surface area contributed by atoms with Crippen molar-refractivity contribution in [1.29, 1.82) is 0 Å². The van der Waals surface area contributed by atoms with Gasteiger partial charge in [0.1, 0.15) is 5.82 Å². The molecule has 2 aromatic rings. The zero-order valence-corrected chi connectivity index (χ0v) is 10.4. The molecule has 2 heterocycles. The van der Waals surface area contributed by atoms with Gasteiger partial charge in [0, 0.05) is 24.8 Å². The van der Waals surface area contributed by atoms with Gasteiger partial charge in [0.05, 0.1) is 12.1 Å². The second-order valence-electron chi connectivity index (χ2n) is 3.70. The van der Waals surface area contributed by atoms with Crippen LogP contribution in [0.15, 0.2) is 29.2 Å². The summed E-state index contributed by atoms with van der Waals surface area (Å²) >= 11 is 1.41. The van der Waals surface area contributed by atoms with E-state index in [2.05, 4.69) is 4.98 Å². The van der Waals surface area contributed by atoms with Crippen LogP contribution in [0.2, 0.25) is 0 Å². The minimum absolute atomic E-state index is 0.0476. The minimum Gasteiger partial charge on any atom is -0.334 e. The molecular weight excluding hydrogens is 260 g/mol. The van der Waals surface area contributed by atoms with Crippen molar-refractivity contribution >= 4 is 17.2 Å². The van der Waals surface area contributed by atoms with Crippen molar-refractivity contribution in [2.45, 2.75) is 13.1 Å². The molecule has 0 aliphatic rings. The van der Waals surface area contributed by atoms with E-state index in [1.165, 1.54) is 28.6 Å². The van der Waals surface area contributed by atoms with Crippen LogP contribution in [0.4, 0.5) is 8.78 Å². The fraction of sp³-hybridized carbons (Fsp3) is 0.273. The lowest BCUT2D eigenvalue weighted by molar-refractivity contribution is 0.0612. The molecule has 0 spiro atoms. The highest BCUT2D eigenvalue weighted by molar-refractivity contribution is 7.08. The number of imidazole rings is 1. The molecule has 1 amide bonds. The second-order valence-corrected chi connectivity index (χ2v) is 4.48. The van der Waals surface area contributed by atoms with Gasteiger partial charge in [0.15, 0.2) is 0 Å².